The van der Waals surface area contributed by atoms with E-state index in [1.165, 1.54) is 17.1 Å². The van der Waals surface area contributed by atoms with Crippen molar-refractivity contribution in [3.8, 4) is 22.7 Å². The van der Waals surface area contributed by atoms with E-state index in [1.807, 2.05) is 13.8 Å². The highest BCUT2D eigenvalue weighted by Gasteiger charge is 2.43. The average molecular weight is 423 g/mol. The van der Waals surface area contributed by atoms with Crippen molar-refractivity contribution in [3.63, 3.8) is 0 Å². The molecule has 1 aromatic carbocycles. The zero-order valence-electron chi connectivity index (χ0n) is 18.0. The number of phenolic OH excluding ortho intramolecular Hbond substituents is 1. The Bertz CT molecular complexity index is 1100. The Labute approximate surface area is 180 Å². The van der Waals surface area contributed by atoms with Gasteiger partial charge in [0.05, 0.1) is 11.9 Å². The Hall–Kier alpha value is -3.23. The van der Waals surface area contributed by atoms with Crippen molar-refractivity contribution in [1.29, 1.82) is 0 Å². The summed E-state index contributed by atoms with van der Waals surface area (Å²) in [6, 6.07) is 4.95. The molecule has 3 aromatic rings. The molecule has 0 radical (unpaired) electrons. The van der Waals surface area contributed by atoms with Gasteiger partial charge in [0.1, 0.15) is 17.6 Å². The predicted octanol–water partition coefficient (Wildman–Crippen LogP) is 4.10. The van der Waals surface area contributed by atoms with Gasteiger partial charge in [0.2, 0.25) is 0 Å². The summed E-state index contributed by atoms with van der Waals surface area (Å²) in [6.07, 6.45) is 3.90. The zero-order chi connectivity index (χ0) is 22.2. The fourth-order valence-electron chi connectivity index (χ4n) is 4.18. The summed E-state index contributed by atoms with van der Waals surface area (Å²) < 4.78 is 15.2. The number of aryl methyl sites for hydroxylation is 1. The van der Waals surface area contributed by atoms with Crippen molar-refractivity contribution in [3.05, 3.63) is 42.6 Å². The summed E-state index contributed by atoms with van der Waals surface area (Å²) in [5.74, 6) is 0.556. The SMILES string of the molecule is C=C(c1ncc(-c2ccc(-n3nnc(C)n3)cc2O)nn1)[C@@H]1CCC[C@](C)(CC)[C@H]1F. The summed E-state index contributed by atoms with van der Waals surface area (Å²) in [4.78, 5) is 5.70. The van der Waals surface area contributed by atoms with Crippen LogP contribution in [0.1, 0.15) is 51.2 Å². The second-order valence-electron chi connectivity index (χ2n) is 8.43. The number of aromatic hydroxyl groups is 1. The first kappa shape index (κ1) is 21.0. The molecule has 2 aromatic heterocycles. The van der Waals surface area contributed by atoms with E-state index in [-0.39, 0.29) is 17.1 Å². The number of halogens is 1. The van der Waals surface area contributed by atoms with Crippen LogP contribution in [0.2, 0.25) is 0 Å². The molecule has 0 saturated heterocycles. The maximum Gasteiger partial charge on any atom is 0.177 e. The van der Waals surface area contributed by atoms with Gasteiger partial charge in [-0.2, -0.15) is 0 Å². The third-order valence-corrected chi connectivity index (χ3v) is 6.39. The Morgan fingerprint density at radius 3 is 2.74 bits per heavy atom. The molecule has 3 atom stereocenters. The van der Waals surface area contributed by atoms with E-state index >= 15 is 4.39 Å². The van der Waals surface area contributed by atoms with E-state index < -0.39 is 6.17 Å². The number of aromatic nitrogens is 7. The molecule has 31 heavy (non-hydrogen) atoms. The van der Waals surface area contributed by atoms with Gasteiger partial charge in [0, 0.05) is 17.5 Å². The first-order chi connectivity index (χ1) is 14.8. The molecule has 8 nitrogen and oxygen atoms in total. The Balaban J connectivity index is 1.55. The van der Waals surface area contributed by atoms with Crippen LogP contribution in [0.25, 0.3) is 22.5 Å². The quantitative estimate of drug-likeness (QED) is 0.659. The average Bonchev–Trinajstić information content (AvgIpc) is 3.22. The number of phenols is 1. The molecule has 162 valence electrons. The van der Waals surface area contributed by atoms with E-state index in [9.17, 15) is 5.11 Å². The third-order valence-electron chi connectivity index (χ3n) is 6.39. The van der Waals surface area contributed by atoms with Crippen LogP contribution >= 0.6 is 0 Å². The summed E-state index contributed by atoms with van der Waals surface area (Å²) >= 11 is 0. The molecule has 0 amide bonds. The molecule has 2 heterocycles. The van der Waals surface area contributed by atoms with Crippen LogP contribution in [-0.2, 0) is 0 Å². The van der Waals surface area contributed by atoms with E-state index in [0.29, 0.717) is 34.2 Å². The maximum absolute atomic E-state index is 15.2. The van der Waals surface area contributed by atoms with Crippen molar-refractivity contribution >= 4 is 5.57 Å². The molecule has 1 fully saturated rings. The highest BCUT2D eigenvalue weighted by molar-refractivity contribution is 5.68. The summed E-state index contributed by atoms with van der Waals surface area (Å²) in [5.41, 5.74) is 1.68. The highest BCUT2D eigenvalue weighted by atomic mass is 19.1. The smallest absolute Gasteiger partial charge is 0.177 e. The lowest BCUT2D eigenvalue weighted by Crippen LogP contribution is -2.39. The summed E-state index contributed by atoms with van der Waals surface area (Å²) in [7, 11) is 0. The van der Waals surface area contributed by atoms with Crippen LogP contribution in [0.5, 0.6) is 5.75 Å². The van der Waals surface area contributed by atoms with E-state index in [1.54, 1.807) is 19.1 Å². The van der Waals surface area contributed by atoms with Crippen LogP contribution in [0.3, 0.4) is 0 Å². The molecule has 0 unspecified atom stereocenters. The van der Waals surface area contributed by atoms with Crippen LogP contribution < -0.4 is 0 Å². The zero-order valence-corrected chi connectivity index (χ0v) is 18.0. The first-order valence-corrected chi connectivity index (χ1v) is 10.5. The van der Waals surface area contributed by atoms with Gasteiger partial charge in [-0.05, 0) is 54.5 Å². The molecule has 1 aliphatic rings. The van der Waals surface area contributed by atoms with Crippen LogP contribution in [-0.4, -0.2) is 46.7 Å². The number of tetrazole rings is 1. The molecule has 4 rings (SSSR count). The molecule has 0 bridgehead atoms. The largest absolute Gasteiger partial charge is 0.507 e. The standard InChI is InChI=1S/C22H26FN7O/c1-5-22(4)10-6-7-16(20(22)23)13(2)21-24-12-18(26-27-21)17-9-8-15(11-19(17)31)30-28-14(3)25-29-30/h8-9,11-12,16,20,31H,2,5-7,10H2,1,3-4H3/t16-,20-,22-/m0/s1. The topological polar surface area (TPSA) is 102 Å². The van der Waals surface area contributed by atoms with Crippen molar-refractivity contribution in [2.45, 2.75) is 52.6 Å². The van der Waals surface area contributed by atoms with Gasteiger partial charge in [-0.1, -0.05) is 26.8 Å². The van der Waals surface area contributed by atoms with Gasteiger partial charge >= 0.3 is 0 Å². The number of rotatable bonds is 5. The molecule has 0 aliphatic heterocycles. The fraction of sp³-hybridized carbons (Fsp3) is 0.455. The van der Waals surface area contributed by atoms with Crippen molar-refractivity contribution in [2.75, 3.05) is 0 Å². The van der Waals surface area contributed by atoms with Gasteiger partial charge in [-0.3, -0.25) is 0 Å². The molecular formula is C22H26FN7O. The molecule has 1 saturated carbocycles. The number of allylic oxidation sites excluding steroid dienone is 1. The Kier molecular flexibility index (Phi) is 5.51. The fourth-order valence-corrected chi connectivity index (χ4v) is 4.18. The number of nitrogens with zero attached hydrogens (tertiary/aromatic N) is 7. The third kappa shape index (κ3) is 3.92. The van der Waals surface area contributed by atoms with Crippen molar-refractivity contribution in [2.24, 2.45) is 11.3 Å². The van der Waals surface area contributed by atoms with Gasteiger partial charge in [0.15, 0.2) is 11.6 Å². The Morgan fingerprint density at radius 2 is 2.13 bits per heavy atom. The lowest BCUT2D eigenvalue weighted by molar-refractivity contribution is 0.0409. The van der Waals surface area contributed by atoms with Gasteiger partial charge in [0.25, 0.3) is 0 Å². The molecular weight excluding hydrogens is 397 g/mol. The van der Waals surface area contributed by atoms with E-state index in [2.05, 4.69) is 37.2 Å². The van der Waals surface area contributed by atoms with E-state index in [4.69, 9.17) is 0 Å². The summed E-state index contributed by atoms with van der Waals surface area (Å²) in [5, 5.41) is 30.7. The van der Waals surface area contributed by atoms with Gasteiger partial charge in [-0.15, -0.1) is 25.2 Å². The number of hydrogen-bond acceptors (Lipinski definition) is 7. The molecule has 1 N–H and O–H groups in total. The lowest BCUT2D eigenvalue weighted by atomic mass is 9.66. The van der Waals surface area contributed by atoms with Gasteiger partial charge in [-0.25, -0.2) is 9.37 Å². The lowest BCUT2D eigenvalue weighted by Gasteiger charge is -2.41. The summed E-state index contributed by atoms with van der Waals surface area (Å²) in [6.45, 7) is 9.85. The van der Waals surface area contributed by atoms with Gasteiger partial charge < -0.3 is 5.11 Å². The van der Waals surface area contributed by atoms with Crippen molar-refractivity contribution < 1.29 is 9.50 Å². The monoisotopic (exact) mass is 423 g/mol. The molecule has 0 spiro atoms. The molecule has 1 aliphatic carbocycles. The second kappa shape index (κ2) is 8.13. The van der Waals surface area contributed by atoms with Crippen LogP contribution in [0.15, 0.2) is 31.0 Å². The predicted molar refractivity (Wildman–Crippen MR) is 114 cm³/mol. The highest BCUT2D eigenvalue weighted by Crippen LogP contribution is 2.47. The van der Waals surface area contributed by atoms with Crippen molar-refractivity contribution in [1.82, 2.24) is 35.4 Å². The number of hydrogen-bond donors (Lipinski definition) is 1. The number of benzene rings is 1. The maximum atomic E-state index is 15.2. The van der Waals surface area contributed by atoms with E-state index in [0.717, 1.165) is 25.7 Å². The van der Waals surface area contributed by atoms with Crippen LogP contribution in [0.4, 0.5) is 4.39 Å². The second-order valence-corrected chi connectivity index (χ2v) is 8.43. The molecule has 9 heteroatoms. The minimum Gasteiger partial charge on any atom is -0.507 e. The first-order valence-electron chi connectivity index (χ1n) is 10.5. The minimum atomic E-state index is -0.979. The minimum absolute atomic E-state index is 0.00931. The Morgan fingerprint density at radius 1 is 1.32 bits per heavy atom. The normalized spacial score (nSPS) is 23.6. The van der Waals surface area contributed by atoms with Crippen LogP contribution in [0, 0.1) is 18.3 Å². The number of alkyl halides is 1.